The molecule has 0 spiro atoms. The first-order valence-corrected chi connectivity index (χ1v) is 10.1. The Bertz CT molecular complexity index is 900. The van der Waals surface area contributed by atoms with Crippen LogP contribution in [0.1, 0.15) is 24.8 Å². The van der Waals surface area contributed by atoms with E-state index in [1.807, 2.05) is 0 Å². The molecule has 1 aliphatic carbocycles. The van der Waals surface area contributed by atoms with Gasteiger partial charge < -0.3 is 9.30 Å². The summed E-state index contributed by atoms with van der Waals surface area (Å²) in [5.41, 5.74) is 1.78. The Kier molecular flexibility index (Phi) is 5.11. The maximum Gasteiger partial charge on any atom is 0.253 e. The lowest BCUT2D eigenvalue weighted by molar-refractivity contribution is 0.0982. The minimum atomic E-state index is -3.56. The van der Waals surface area contributed by atoms with Gasteiger partial charge in [0, 0.05) is 24.4 Å². The number of benzene rings is 1. The molecule has 0 atom stereocenters. The van der Waals surface area contributed by atoms with Crippen LogP contribution in [0, 0.1) is 12.8 Å². The molecule has 1 aliphatic rings. The van der Waals surface area contributed by atoms with E-state index in [9.17, 15) is 13.2 Å². The molecule has 134 valence electrons. The minimum Gasteiger partial charge on any atom is -0.365 e. The number of aryl methyl sites for hydroxylation is 2. The van der Waals surface area contributed by atoms with Gasteiger partial charge in [0.2, 0.25) is 9.84 Å². The zero-order valence-electron chi connectivity index (χ0n) is 14.6. The van der Waals surface area contributed by atoms with Crippen LogP contribution in [0.3, 0.4) is 0 Å². The van der Waals surface area contributed by atoms with Gasteiger partial charge in [0.25, 0.3) is 5.56 Å². The van der Waals surface area contributed by atoms with Crippen LogP contribution in [0.15, 0.2) is 46.2 Å². The molecule has 5 nitrogen and oxygen atoms in total. The summed E-state index contributed by atoms with van der Waals surface area (Å²) >= 11 is 0. The lowest BCUT2D eigenvalue weighted by Gasteiger charge is -2.24. The molecule has 0 bridgehead atoms. The first-order chi connectivity index (χ1) is 11.9. The van der Waals surface area contributed by atoms with Crippen molar-refractivity contribution in [1.29, 1.82) is 0 Å². The second kappa shape index (κ2) is 7.14. The van der Waals surface area contributed by atoms with Crippen molar-refractivity contribution in [2.24, 2.45) is 13.0 Å². The number of nitrogens with zero attached hydrogens (tertiary/aromatic N) is 1. The molecular weight excluding hydrogens is 338 g/mol. The van der Waals surface area contributed by atoms with Crippen molar-refractivity contribution in [2.45, 2.75) is 31.1 Å². The monoisotopic (exact) mass is 361 g/mol. The fourth-order valence-corrected chi connectivity index (χ4v) is 4.30. The quantitative estimate of drug-likeness (QED) is 0.793. The summed E-state index contributed by atoms with van der Waals surface area (Å²) < 4.78 is 32.5. The summed E-state index contributed by atoms with van der Waals surface area (Å²) in [4.78, 5) is 12.1. The summed E-state index contributed by atoms with van der Waals surface area (Å²) in [6.07, 6.45) is 5.11. The van der Waals surface area contributed by atoms with Gasteiger partial charge in [-0.3, -0.25) is 4.79 Å². The molecule has 1 fully saturated rings. The lowest BCUT2D eigenvalue weighted by atomic mass is 9.86. The Hall–Kier alpha value is -1.92. The van der Waals surface area contributed by atoms with E-state index >= 15 is 0 Å². The second-order valence-electron chi connectivity index (χ2n) is 6.72. The maximum atomic E-state index is 12.8. The van der Waals surface area contributed by atoms with Gasteiger partial charge in [-0.1, -0.05) is 24.6 Å². The minimum absolute atomic E-state index is 0.0899. The van der Waals surface area contributed by atoms with Gasteiger partial charge in [0.05, 0.1) is 11.5 Å². The highest BCUT2D eigenvalue weighted by molar-refractivity contribution is 7.91. The van der Waals surface area contributed by atoms with Crippen molar-refractivity contribution in [2.75, 3.05) is 12.5 Å². The Morgan fingerprint density at radius 3 is 2.60 bits per heavy atom. The van der Waals surface area contributed by atoms with E-state index < -0.39 is 9.84 Å². The van der Waals surface area contributed by atoms with Crippen molar-refractivity contribution in [3.8, 4) is 11.1 Å². The zero-order chi connectivity index (χ0) is 18.0. The summed E-state index contributed by atoms with van der Waals surface area (Å²) in [6, 6.07) is 8.59. The molecule has 1 heterocycles. The third kappa shape index (κ3) is 3.85. The summed E-state index contributed by atoms with van der Waals surface area (Å²) in [5.74, 6) is 0.183. The topological polar surface area (TPSA) is 65.4 Å². The second-order valence-corrected chi connectivity index (χ2v) is 8.63. The van der Waals surface area contributed by atoms with Crippen LogP contribution >= 0.6 is 0 Å². The lowest BCUT2D eigenvalue weighted by Crippen LogP contribution is -2.21. The van der Waals surface area contributed by atoms with Crippen molar-refractivity contribution < 1.29 is 13.2 Å². The first-order valence-electron chi connectivity index (χ1n) is 8.45. The fraction of sp³-hybridized carbons (Fsp3) is 0.421. The molecule has 0 aliphatic heterocycles. The number of sulfone groups is 1. The average Bonchev–Trinajstić information content (AvgIpc) is 2.54. The van der Waals surface area contributed by atoms with Gasteiger partial charge in [-0.25, -0.2) is 8.42 Å². The van der Waals surface area contributed by atoms with E-state index in [4.69, 9.17) is 4.74 Å². The van der Waals surface area contributed by atoms with Gasteiger partial charge in [0.1, 0.15) is 0 Å². The SMILES string of the molecule is Cc1cc(-c2ccccc2S(=O)(=O)COCC2CCC2)cn(C)c1=O. The van der Waals surface area contributed by atoms with E-state index in [1.54, 1.807) is 50.5 Å². The molecule has 1 saturated carbocycles. The standard InChI is InChI=1S/C19H23NO4S/c1-14-10-16(11-20(2)19(14)21)17-8-3-4-9-18(17)25(22,23)13-24-12-15-6-5-7-15/h3-4,8-11,15H,5-7,12-13H2,1-2H3. The molecule has 3 rings (SSSR count). The number of pyridine rings is 1. The molecule has 0 radical (unpaired) electrons. The van der Waals surface area contributed by atoms with E-state index in [2.05, 4.69) is 0 Å². The predicted octanol–water partition coefficient (Wildman–Crippen LogP) is 2.91. The zero-order valence-corrected chi connectivity index (χ0v) is 15.4. The summed E-state index contributed by atoms with van der Waals surface area (Å²) in [5, 5.41) is 0. The van der Waals surface area contributed by atoms with Crippen LogP contribution in [0.25, 0.3) is 11.1 Å². The Morgan fingerprint density at radius 2 is 1.96 bits per heavy atom. The van der Waals surface area contributed by atoms with Gasteiger partial charge in [0.15, 0.2) is 5.94 Å². The molecular formula is C19H23NO4S. The summed E-state index contributed by atoms with van der Waals surface area (Å²) in [7, 11) is -1.90. The molecule has 1 aromatic carbocycles. The van der Waals surface area contributed by atoms with Crippen LogP contribution in [-0.2, 0) is 21.6 Å². The summed E-state index contributed by atoms with van der Waals surface area (Å²) in [6.45, 7) is 2.23. The van der Waals surface area contributed by atoms with Crippen LogP contribution in [-0.4, -0.2) is 25.5 Å². The molecule has 0 saturated heterocycles. The molecule has 0 N–H and O–H groups in total. The van der Waals surface area contributed by atoms with Gasteiger partial charge in [-0.2, -0.15) is 0 Å². The van der Waals surface area contributed by atoms with E-state index in [0.29, 0.717) is 29.2 Å². The highest BCUT2D eigenvalue weighted by Crippen LogP contribution is 2.29. The third-order valence-corrected chi connectivity index (χ3v) is 6.22. The number of rotatable bonds is 6. The maximum absolute atomic E-state index is 12.8. The van der Waals surface area contributed by atoms with E-state index in [-0.39, 0.29) is 16.4 Å². The normalized spacial score (nSPS) is 15.1. The van der Waals surface area contributed by atoms with E-state index in [0.717, 1.165) is 12.8 Å². The Labute approximate surface area is 148 Å². The predicted molar refractivity (Wildman–Crippen MR) is 97.2 cm³/mol. The van der Waals surface area contributed by atoms with E-state index in [1.165, 1.54) is 11.0 Å². The fourth-order valence-electron chi connectivity index (χ4n) is 3.05. The highest BCUT2D eigenvalue weighted by atomic mass is 32.2. The Balaban J connectivity index is 1.91. The van der Waals surface area contributed by atoms with Gasteiger partial charge >= 0.3 is 0 Å². The van der Waals surface area contributed by atoms with Crippen LogP contribution in [0.4, 0.5) is 0 Å². The number of ether oxygens (including phenoxy) is 1. The molecule has 0 unspecified atom stereocenters. The van der Waals surface area contributed by atoms with Crippen molar-refractivity contribution in [1.82, 2.24) is 4.57 Å². The van der Waals surface area contributed by atoms with Crippen molar-refractivity contribution >= 4 is 9.84 Å². The smallest absolute Gasteiger partial charge is 0.253 e. The first kappa shape index (κ1) is 17.9. The Morgan fingerprint density at radius 1 is 1.24 bits per heavy atom. The third-order valence-electron chi connectivity index (χ3n) is 4.71. The largest absolute Gasteiger partial charge is 0.365 e. The average molecular weight is 361 g/mol. The number of hydrogen-bond donors (Lipinski definition) is 0. The molecule has 25 heavy (non-hydrogen) atoms. The molecule has 2 aromatic rings. The molecule has 0 amide bonds. The van der Waals surface area contributed by atoms with Crippen molar-refractivity contribution in [3.63, 3.8) is 0 Å². The van der Waals surface area contributed by atoms with Crippen LogP contribution in [0.5, 0.6) is 0 Å². The van der Waals surface area contributed by atoms with Crippen LogP contribution < -0.4 is 5.56 Å². The molecule has 6 heteroatoms. The number of hydrogen-bond acceptors (Lipinski definition) is 4. The van der Waals surface area contributed by atoms with Gasteiger partial charge in [-0.05, 0) is 43.4 Å². The number of aromatic nitrogens is 1. The van der Waals surface area contributed by atoms with Crippen molar-refractivity contribution in [3.05, 3.63) is 52.4 Å². The van der Waals surface area contributed by atoms with Gasteiger partial charge in [-0.15, -0.1) is 0 Å². The molecule has 1 aromatic heterocycles. The highest BCUT2D eigenvalue weighted by Gasteiger charge is 2.22. The van der Waals surface area contributed by atoms with Crippen LogP contribution in [0.2, 0.25) is 0 Å².